The average Bonchev–Trinajstić information content (AvgIpc) is 2.97. The van der Waals surface area contributed by atoms with E-state index in [1.54, 1.807) is 0 Å². The van der Waals surface area contributed by atoms with Gasteiger partial charge < -0.3 is 4.84 Å². The number of aliphatic imine (C=N–C) groups is 1. The van der Waals surface area contributed by atoms with E-state index in [-0.39, 0.29) is 5.41 Å². The molecular formula is C24H32N4O. The van der Waals surface area contributed by atoms with Crippen molar-refractivity contribution >= 4 is 11.6 Å². The highest BCUT2D eigenvalue weighted by atomic mass is 16.6. The molecule has 0 unspecified atom stereocenters. The fourth-order valence-electron chi connectivity index (χ4n) is 4.21. The molecule has 0 fully saturated rings. The zero-order valence-electron chi connectivity index (χ0n) is 18.3. The molecule has 0 atom stereocenters. The van der Waals surface area contributed by atoms with Crippen molar-refractivity contribution in [3.8, 4) is 0 Å². The summed E-state index contributed by atoms with van der Waals surface area (Å²) in [5, 5.41) is 4.68. The van der Waals surface area contributed by atoms with Crippen molar-refractivity contribution in [3.63, 3.8) is 0 Å². The van der Waals surface area contributed by atoms with Crippen LogP contribution in [-0.2, 0) is 31.1 Å². The number of nitrogens with zero attached hydrogens (tertiary/aromatic N) is 3. The van der Waals surface area contributed by atoms with Crippen molar-refractivity contribution in [2.24, 2.45) is 23.4 Å². The number of nitrogens with two attached hydrogens (primary N) is 1. The Balaban J connectivity index is 1.98. The SMILES string of the molecule is C=CCc1c(C)cc(C(=C)N=C(ON)c2nn(C)c3c2CCC(C)(C)C3)cc1C. The summed E-state index contributed by atoms with van der Waals surface area (Å²) in [5.74, 6) is 5.93. The maximum atomic E-state index is 5.62. The molecule has 0 aliphatic heterocycles. The molecule has 2 N–H and O–H groups in total. The van der Waals surface area contributed by atoms with Crippen molar-refractivity contribution in [1.29, 1.82) is 0 Å². The quantitative estimate of drug-likeness (QED) is 0.350. The van der Waals surface area contributed by atoms with Gasteiger partial charge in [0.15, 0.2) is 5.69 Å². The standard InChI is InChI=1S/C24H32N4O/c1-8-9-19-15(2)12-18(13-16(19)3)17(4)26-23(29-25)22-20-10-11-24(5,6)14-21(20)28(7)27-22/h8,12-13H,1,4,9-11,14,25H2,2-3,5-7H3. The van der Waals surface area contributed by atoms with Gasteiger partial charge in [-0.25, -0.2) is 4.99 Å². The van der Waals surface area contributed by atoms with Crippen molar-refractivity contribution in [1.82, 2.24) is 9.78 Å². The highest BCUT2D eigenvalue weighted by molar-refractivity contribution is 5.97. The lowest BCUT2D eigenvalue weighted by Crippen LogP contribution is -2.24. The predicted molar refractivity (Wildman–Crippen MR) is 120 cm³/mol. The monoisotopic (exact) mass is 392 g/mol. The van der Waals surface area contributed by atoms with Crippen LogP contribution in [0.25, 0.3) is 5.70 Å². The van der Waals surface area contributed by atoms with Crippen LogP contribution < -0.4 is 5.90 Å². The van der Waals surface area contributed by atoms with Crippen molar-refractivity contribution in [2.45, 2.75) is 53.4 Å². The molecule has 3 rings (SSSR count). The summed E-state index contributed by atoms with van der Waals surface area (Å²) < 4.78 is 1.93. The van der Waals surface area contributed by atoms with Crippen LogP contribution in [0, 0.1) is 19.3 Å². The number of hydrogen-bond acceptors (Lipinski definition) is 4. The van der Waals surface area contributed by atoms with E-state index in [0.29, 0.717) is 11.6 Å². The topological polar surface area (TPSA) is 65.4 Å². The lowest BCUT2D eigenvalue weighted by Gasteiger charge is -2.29. The van der Waals surface area contributed by atoms with E-state index in [1.165, 1.54) is 27.9 Å². The Hall–Kier alpha value is -2.66. The molecule has 0 amide bonds. The Morgan fingerprint density at radius 2 is 2.00 bits per heavy atom. The Labute approximate surface area is 173 Å². The van der Waals surface area contributed by atoms with Gasteiger partial charge >= 0.3 is 0 Å². The zero-order chi connectivity index (χ0) is 21.3. The number of rotatable bonds is 5. The lowest BCUT2D eigenvalue weighted by atomic mass is 9.76. The van der Waals surface area contributed by atoms with Crippen LogP contribution in [0.1, 0.15) is 59.5 Å². The zero-order valence-corrected chi connectivity index (χ0v) is 18.3. The van der Waals surface area contributed by atoms with Crippen molar-refractivity contribution in [2.75, 3.05) is 0 Å². The van der Waals surface area contributed by atoms with Gasteiger partial charge in [-0.05, 0) is 73.8 Å². The Morgan fingerprint density at radius 1 is 1.34 bits per heavy atom. The van der Waals surface area contributed by atoms with Crippen molar-refractivity contribution in [3.05, 3.63) is 70.6 Å². The molecule has 2 aromatic rings. The number of benzene rings is 1. The van der Waals surface area contributed by atoms with Crippen LogP contribution in [-0.4, -0.2) is 15.7 Å². The van der Waals surface area contributed by atoms with Gasteiger partial charge in [-0.2, -0.15) is 11.0 Å². The molecule has 0 radical (unpaired) electrons. The van der Waals surface area contributed by atoms with Crippen LogP contribution in [0.5, 0.6) is 0 Å². The minimum Gasteiger partial charge on any atom is -0.389 e. The Bertz CT molecular complexity index is 972. The van der Waals surface area contributed by atoms with Gasteiger partial charge in [0.05, 0.1) is 5.70 Å². The van der Waals surface area contributed by atoms with E-state index in [9.17, 15) is 0 Å². The molecule has 0 bridgehead atoms. The van der Waals surface area contributed by atoms with Crippen LogP contribution in [0.4, 0.5) is 0 Å². The summed E-state index contributed by atoms with van der Waals surface area (Å²) in [7, 11) is 1.97. The second-order valence-electron chi connectivity index (χ2n) is 8.80. The summed E-state index contributed by atoms with van der Waals surface area (Å²) in [6, 6.07) is 4.20. The molecule has 5 heteroatoms. The largest absolute Gasteiger partial charge is 0.389 e. The highest BCUT2D eigenvalue weighted by Crippen LogP contribution is 2.36. The number of allylic oxidation sites excluding steroid dienone is 1. The Morgan fingerprint density at radius 3 is 2.59 bits per heavy atom. The van der Waals surface area contributed by atoms with E-state index in [4.69, 9.17) is 10.7 Å². The molecule has 29 heavy (non-hydrogen) atoms. The van der Waals surface area contributed by atoms with Gasteiger partial charge in [-0.1, -0.05) is 26.5 Å². The fraction of sp³-hybridized carbons (Fsp3) is 0.417. The minimum absolute atomic E-state index is 0.269. The van der Waals surface area contributed by atoms with E-state index < -0.39 is 0 Å². The average molecular weight is 393 g/mol. The van der Waals surface area contributed by atoms with E-state index in [2.05, 4.69) is 63.1 Å². The first-order chi connectivity index (χ1) is 13.7. The number of hydrogen-bond donors (Lipinski definition) is 1. The molecule has 0 saturated carbocycles. The van der Waals surface area contributed by atoms with Crippen LogP contribution >= 0.6 is 0 Å². The highest BCUT2D eigenvalue weighted by Gasteiger charge is 2.32. The molecule has 1 aromatic carbocycles. The molecular weight excluding hydrogens is 360 g/mol. The third kappa shape index (κ3) is 4.20. The molecule has 0 spiro atoms. The molecule has 0 saturated heterocycles. The Kier molecular flexibility index (Phi) is 5.80. The summed E-state index contributed by atoms with van der Waals surface area (Å²) in [6.07, 6.45) is 5.79. The van der Waals surface area contributed by atoms with Gasteiger partial charge in [-0.3, -0.25) is 4.68 Å². The van der Waals surface area contributed by atoms with Crippen molar-refractivity contribution < 1.29 is 4.84 Å². The summed E-state index contributed by atoms with van der Waals surface area (Å²) in [5.41, 5.74) is 8.64. The van der Waals surface area contributed by atoms with Gasteiger partial charge in [0.25, 0.3) is 5.90 Å². The second-order valence-corrected chi connectivity index (χ2v) is 8.80. The smallest absolute Gasteiger partial charge is 0.266 e. The summed E-state index contributed by atoms with van der Waals surface area (Å²) >= 11 is 0. The maximum absolute atomic E-state index is 5.62. The summed E-state index contributed by atoms with van der Waals surface area (Å²) in [6.45, 7) is 16.8. The van der Waals surface area contributed by atoms with Crippen LogP contribution in [0.15, 0.2) is 36.4 Å². The van der Waals surface area contributed by atoms with Crippen LogP contribution in [0.2, 0.25) is 0 Å². The van der Waals surface area contributed by atoms with Gasteiger partial charge in [0, 0.05) is 23.9 Å². The minimum atomic E-state index is 0.269. The molecule has 1 aromatic heterocycles. The first-order valence-corrected chi connectivity index (χ1v) is 10.1. The first-order valence-electron chi connectivity index (χ1n) is 10.1. The van der Waals surface area contributed by atoms with Gasteiger partial charge in [0.2, 0.25) is 0 Å². The third-order valence-electron chi connectivity index (χ3n) is 5.90. The normalized spacial score (nSPS) is 15.7. The molecule has 1 aliphatic carbocycles. The maximum Gasteiger partial charge on any atom is 0.266 e. The number of fused-ring (bicyclic) bond motifs is 1. The molecule has 1 aliphatic rings. The first kappa shape index (κ1) is 21.1. The molecule has 1 heterocycles. The second kappa shape index (κ2) is 7.99. The molecule has 154 valence electrons. The number of aryl methyl sites for hydroxylation is 3. The van der Waals surface area contributed by atoms with E-state index in [1.807, 2.05) is 17.8 Å². The van der Waals surface area contributed by atoms with E-state index in [0.717, 1.165) is 36.9 Å². The summed E-state index contributed by atoms with van der Waals surface area (Å²) in [4.78, 5) is 9.81. The van der Waals surface area contributed by atoms with E-state index >= 15 is 0 Å². The predicted octanol–water partition coefficient (Wildman–Crippen LogP) is 4.59. The van der Waals surface area contributed by atoms with Gasteiger partial charge in [0.1, 0.15) is 0 Å². The fourth-order valence-corrected chi connectivity index (χ4v) is 4.21. The number of aromatic nitrogens is 2. The lowest BCUT2D eigenvalue weighted by molar-refractivity contribution is 0.305. The molecule has 5 nitrogen and oxygen atoms in total. The van der Waals surface area contributed by atoms with Crippen LogP contribution in [0.3, 0.4) is 0 Å². The van der Waals surface area contributed by atoms with Gasteiger partial charge in [-0.15, -0.1) is 6.58 Å². The third-order valence-corrected chi connectivity index (χ3v) is 5.90.